The van der Waals surface area contributed by atoms with Gasteiger partial charge in [0.15, 0.2) is 0 Å². The number of hydrogen-bond acceptors (Lipinski definition) is 3. The second kappa shape index (κ2) is 3.97. The highest BCUT2D eigenvalue weighted by Crippen LogP contribution is 2.65. The smallest absolute Gasteiger partial charge is 0.222 e. The molecule has 0 amide bonds. The molecule has 4 bridgehead atoms. The Morgan fingerprint density at radius 1 is 1.21 bits per heavy atom. The van der Waals surface area contributed by atoms with Gasteiger partial charge in [-0.2, -0.15) is 0 Å². The third-order valence-electron chi connectivity index (χ3n) is 5.58. The van der Waals surface area contributed by atoms with Crippen LogP contribution in [0, 0.1) is 17.3 Å². The van der Waals surface area contributed by atoms with Gasteiger partial charge in [0.05, 0.1) is 0 Å². The number of nitrogens with zero attached hydrogens (tertiary/aromatic N) is 2. The Morgan fingerprint density at radius 2 is 1.95 bits per heavy atom. The van der Waals surface area contributed by atoms with Crippen LogP contribution in [0.25, 0.3) is 0 Å². The standard InChI is InChI=1S/C15H21ClN2O/c1-14-5-10-4-11(6-14)8-15(7-10,9-14)13-18-17-12(19-13)2-3-16/h10-11H,2-9H2,1H3. The molecule has 0 N–H and O–H groups in total. The van der Waals surface area contributed by atoms with E-state index in [0.29, 0.717) is 23.6 Å². The highest BCUT2D eigenvalue weighted by Gasteiger charge is 2.58. The Bertz CT molecular complexity index is 484. The van der Waals surface area contributed by atoms with E-state index in [-0.39, 0.29) is 5.41 Å². The Kier molecular flexibility index (Phi) is 2.55. The van der Waals surface area contributed by atoms with Gasteiger partial charge in [-0.15, -0.1) is 21.8 Å². The van der Waals surface area contributed by atoms with Crippen LogP contribution < -0.4 is 0 Å². The molecule has 0 aromatic carbocycles. The topological polar surface area (TPSA) is 38.9 Å². The molecule has 0 spiro atoms. The van der Waals surface area contributed by atoms with Crippen LogP contribution in [0.4, 0.5) is 0 Å². The van der Waals surface area contributed by atoms with Gasteiger partial charge in [0, 0.05) is 17.7 Å². The van der Waals surface area contributed by atoms with Crippen molar-refractivity contribution in [1.29, 1.82) is 0 Å². The monoisotopic (exact) mass is 280 g/mol. The molecule has 1 heterocycles. The fourth-order valence-electron chi connectivity index (χ4n) is 5.62. The van der Waals surface area contributed by atoms with Gasteiger partial charge in [-0.1, -0.05) is 6.92 Å². The molecule has 1 aromatic heterocycles. The maximum atomic E-state index is 5.95. The molecule has 1 aromatic rings. The molecule has 4 heteroatoms. The maximum Gasteiger partial charge on any atom is 0.222 e. The number of aromatic nitrogens is 2. The van der Waals surface area contributed by atoms with Crippen molar-refractivity contribution in [3.05, 3.63) is 11.8 Å². The van der Waals surface area contributed by atoms with E-state index in [9.17, 15) is 0 Å². The number of aryl methyl sites for hydroxylation is 1. The van der Waals surface area contributed by atoms with E-state index >= 15 is 0 Å². The first-order valence-electron chi connectivity index (χ1n) is 7.50. The normalized spacial score (nSPS) is 43.9. The minimum absolute atomic E-state index is 0.191. The molecular formula is C15H21ClN2O. The third-order valence-corrected chi connectivity index (χ3v) is 5.77. The summed E-state index contributed by atoms with van der Waals surface area (Å²) in [6.45, 7) is 2.47. The van der Waals surface area contributed by atoms with Crippen molar-refractivity contribution in [1.82, 2.24) is 10.2 Å². The lowest BCUT2D eigenvalue weighted by Crippen LogP contribution is -2.53. The maximum absolute atomic E-state index is 5.95. The van der Waals surface area contributed by atoms with Crippen LogP contribution >= 0.6 is 11.6 Å². The van der Waals surface area contributed by atoms with E-state index in [2.05, 4.69) is 17.1 Å². The minimum Gasteiger partial charge on any atom is -0.425 e. The highest BCUT2D eigenvalue weighted by molar-refractivity contribution is 6.17. The third kappa shape index (κ3) is 1.84. The summed E-state index contributed by atoms with van der Waals surface area (Å²) in [7, 11) is 0. The second-order valence-electron chi connectivity index (χ2n) is 7.49. The molecule has 0 aliphatic heterocycles. The van der Waals surface area contributed by atoms with E-state index in [1.165, 1.54) is 38.5 Å². The average molecular weight is 281 g/mol. The lowest BCUT2D eigenvalue weighted by molar-refractivity contribution is -0.0712. The van der Waals surface area contributed by atoms with Crippen LogP contribution in [0.5, 0.6) is 0 Å². The molecule has 2 unspecified atom stereocenters. The van der Waals surface area contributed by atoms with Gasteiger partial charge in [-0.3, -0.25) is 0 Å². The van der Waals surface area contributed by atoms with E-state index in [1.54, 1.807) is 0 Å². The van der Waals surface area contributed by atoms with Crippen molar-refractivity contribution in [3.8, 4) is 0 Å². The molecule has 104 valence electrons. The summed E-state index contributed by atoms with van der Waals surface area (Å²) in [4.78, 5) is 0. The van der Waals surface area contributed by atoms with Crippen LogP contribution in [0.1, 0.15) is 57.2 Å². The summed E-state index contributed by atoms with van der Waals surface area (Å²) in [5.41, 5.74) is 0.710. The quantitative estimate of drug-likeness (QED) is 0.792. The van der Waals surface area contributed by atoms with Gasteiger partial charge in [0.25, 0.3) is 0 Å². The molecule has 4 saturated carbocycles. The first-order valence-corrected chi connectivity index (χ1v) is 8.03. The summed E-state index contributed by atoms with van der Waals surface area (Å²) in [6.07, 6.45) is 8.72. The fraction of sp³-hybridized carbons (Fsp3) is 0.867. The fourth-order valence-corrected chi connectivity index (χ4v) is 5.78. The lowest BCUT2D eigenvalue weighted by Gasteiger charge is -2.60. The van der Waals surface area contributed by atoms with Gasteiger partial charge in [0.1, 0.15) is 0 Å². The van der Waals surface area contributed by atoms with E-state index in [4.69, 9.17) is 16.0 Å². The lowest BCUT2D eigenvalue weighted by atomic mass is 9.44. The van der Waals surface area contributed by atoms with Crippen LogP contribution in [0.3, 0.4) is 0 Å². The minimum atomic E-state index is 0.191. The number of halogens is 1. The van der Waals surface area contributed by atoms with E-state index < -0.39 is 0 Å². The summed E-state index contributed by atoms with van der Waals surface area (Å²) in [5, 5.41) is 8.57. The SMILES string of the molecule is CC12CC3CC(C1)CC(c1nnc(CCCl)o1)(C3)C2. The van der Waals surface area contributed by atoms with Crippen LogP contribution in [0.2, 0.25) is 0 Å². The first-order chi connectivity index (χ1) is 9.11. The molecule has 0 saturated heterocycles. The zero-order chi connectivity index (χ0) is 13.1. The predicted molar refractivity (Wildman–Crippen MR) is 73.2 cm³/mol. The van der Waals surface area contributed by atoms with E-state index in [1.807, 2.05) is 0 Å². The predicted octanol–water partition coefficient (Wildman–Crippen LogP) is 3.71. The van der Waals surface area contributed by atoms with Crippen LogP contribution in [0.15, 0.2) is 4.42 Å². The highest BCUT2D eigenvalue weighted by atomic mass is 35.5. The molecule has 5 rings (SSSR count). The van der Waals surface area contributed by atoms with Gasteiger partial charge < -0.3 is 4.42 Å². The molecule has 3 nitrogen and oxygen atoms in total. The summed E-state index contributed by atoms with van der Waals surface area (Å²) < 4.78 is 5.95. The summed E-state index contributed by atoms with van der Waals surface area (Å²) in [5.74, 6) is 3.94. The van der Waals surface area contributed by atoms with Gasteiger partial charge >= 0.3 is 0 Å². The molecule has 0 radical (unpaired) electrons. The molecule has 2 atom stereocenters. The number of hydrogen-bond donors (Lipinski definition) is 0. The molecule has 4 fully saturated rings. The molecule has 4 aliphatic rings. The second-order valence-corrected chi connectivity index (χ2v) is 7.87. The van der Waals surface area contributed by atoms with Gasteiger partial charge in [-0.05, 0) is 55.8 Å². The Labute approximate surface area is 119 Å². The van der Waals surface area contributed by atoms with Gasteiger partial charge in [0.2, 0.25) is 11.8 Å². The Morgan fingerprint density at radius 3 is 2.58 bits per heavy atom. The number of rotatable bonds is 3. The van der Waals surface area contributed by atoms with Crippen molar-refractivity contribution >= 4 is 11.6 Å². The van der Waals surface area contributed by atoms with Crippen molar-refractivity contribution in [3.63, 3.8) is 0 Å². The van der Waals surface area contributed by atoms with Crippen LogP contribution in [-0.4, -0.2) is 16.1 Å². The van der Waals surface area contributed by atoms with Crippen molar-refractivity contribution in [2.24, 2.45) is 17.3 Å². The Hall–Kier alpha value is -0.570. The Balaban J connectivity index is 1.69. The zero-order valence-electron chi connectivity index (χ0n) is 11.5. The average Bonchev–Trinajstić information content (AvgIpc) is 2.75. The van der Waals surface area contributed by atoms with Gasteiger partial charge in [-0.25, -0.2) is 0 Å². The van der Waals surface area contributed by atoms with Crippen molar-refractivity contribution in [2.45, 2.75) is 57.3 Å². The molecule has 4 aliphatic carbocycles. The summed E-state index contributed by atoms with van der Waals surface area (Å²) >= 11 is 5.76. The summed E-state index contributed by atoms with van der Waals surface area (Å²) in [6, 6.07) is 0. The van der Waals surface area contributed by atoms with Crippen molar-refractivity contribution in [2.75, 3.05) is 5.88 Å². The van der Waals surface area contributed by atoms with E-state index in [0.717, 1.165) is 17.7 Å². The zero-order valence-corrected chi connectivity index (χ0v) is 12.2. The number of alkyl halides is 1. The molecule has 19 heavy (non-hydrogen) atoms. The largest absolute Gasteiger partial charge is 0.425 e. The van der Waals surface area contributed by atoms with Crippen LogP contribution in [-0.2, 0) is 11.8 Å². The molecular weight excluding hydrogens is 260 g/mol. The first kappa shape index (κ1) is 12.2. The van der Waals surface area contributed by atoms with Crippen molar-refractivity contribution < 1.29 is 4.42 Å².